The third-order valence-electron chi connectivity index (χ3n) is 6.61. The number of carbonyl (C=O) groups is 3. The Labute approximate surface area is 210 Å². The van der Waals surface area contributed by atoms with Gasteiger partial charge in [-0.2, -0.15) is 0 Å². The summed E-state index contributed by atoms with van der Waals surface area (Å²) in [5.41, 5.74) is 0.613. The highest BCUT2D eigenvalue weighted by Crippen LogP contribution is 2.36. The van der Waals surface area contributed by atoms with Crippen LogP contribution in [0.15, 0.2) is 42.5 Å². The standard InChI is InChI=1S/C27H32N2O7/c1-16(2)20-12-9-17(3)13-24(20)36-27(32)22-8-6-5-7-21(22)26(31)35-15-25(30)28-19-11-10-18(4)23(14-19)29(33)34/h5-8,10-11,14,16-17,20,24H,9,12-13,15H2,1-4H3,(H,28,30)/t17-,20+,24-/m1/s1. The van der Waals surface area contributed by atoms with Gasteiger partial charge in [-0.3, -0.25) is 14.9 Å². The van der Waals surface area contributed by atoms with E-state index >= 15 is 0 Å². The number of carbonyl (C=O) groups excluding carboxylic acids is 3. The Hall–Kier alpha value is -3.75. The lowest BCUT2D eigenvalue weighted by Crippen LogP contribution is -2.36. The number of nitro groups is 1. The molecule has 0 spiro atoms. The highest BCUT2D eigenvalue weighted by Gasteiger charge is 2.34. The Kier molecular flexibility index (Phi) is 8.79. The van der Waals surface area contributed by atoms with Crippen LogP contribution in [0.25, 0.3) is 0 Å². The highest BCUT2D eigenvalue weighted by molar-refractivity contribution is 6.04. The second-order valence-electron chi connectivity index (χ2n) is 9.70. The molecule has 1 amide bonds. The summed E-state index contributed by atoms with van der Waals surface area (Å²) in [5, 5.41) is 13.6. The molecule has 36 heavy (non-hydrogen) atoms. The Morgan fingerprint density at radius 1 is 1.08 bits per heavy atom. The minimum absolute atomic E-state index is 0.00577. The number of anilines is 1. The first-order valence-corrected chi connectivity index (χ1v) is 12.1. The van der Waals surface area contributed by atoms with Crippen molar-refractivity contribution in [1.82, 2.24) is 0 Å². The van der Waals surface area contributed by atoms with Crippen molar-refractivity contribution in [2.24, 2.45) is 17.8 Å². The van der Waals surface area contributed by atoms with Gasteiger partial charge in [0.05, 0.1) is 16.1 Å². The van der Waals surface area contributed by atoms with Gasteiger partial charge in [0, 0.05) is 17.3 Å². The van der Waals surface area contributed by atoms with Crippen LogP contribution >= 0.6 is 0 Å². The number of benzene rings is 2. The quantitative estimate of drug-likeness (QED) is 0.298. The summed E-state index contributed by atoms with van der Waals surface area (Å²) >= 11 is 0. The van der Waals surface area contributed by atoms with Gasteiger partial charge in [0.25, 0.3) is 11.6 Å². The smallest absolute Gasteiger partial charge is 0.339 e. The number of ether oxygens (including phenoxy) is 2. The minimum atomic E-state index is -0.843. The van der Waals surface area contributed by atoms with E-state index in [1.54, 1.807) is 19.1 Å². The van der Waals surface area contributed by atoms with E-state index in [-0.39, 0.29) is 34.5 Å². The second kappa shape index (κ2) is 11.8. The topological polar surface area (TPSA) is 125 Å². The van der Waals surface area contributed by atoms with Crippen molar-refractivity contribution < 1.29 is 28.8 Å². The molecule has 3 rings (SSSR count). The molecule has 1 aliphatic rings. The summed E-state index contributed by atoms with van der Waals surface area (Å²) in [6.07, 6.45) is 2.63. The molecule has 0 bridgehead atoms. The lowest BCUT2D eigenvalue weighted by atomic mass is 9.75. The van der Waals surface area contributed by atoms with Crippen LogP contribution in [0.3, 0.4) is 0 Å². The van der Waals surface area contributed by atoms with Gasteiger partial charge in [-0.05, 0) is 55.7 Å². The monoisotopic (exact) mass is 496 g/mol. The van der Waals surface area contributed by atoms with Gasteiger partial charge in [0.1, 0.15) is 6.10 Å². The zero-order valence-corrected chi connectivity index (χ0v) is 21.0. The number of aryl methyl sites for hydroxylation is 1. The number of amides is 1. The van der Waals surface area contributed by atoms with E-state index in [4.69, 9.17) is 9.47 Å². The fourth-order valence-corrected chi connectivity index (χ4v) is 4.58. The Bertz CT molecular complexity index is 1140. The maximum absolute atomic E-state index is 13.0. The molecular weight excluding hydrogens is 464 g/mol. The van der Waals surface area contributed by atoms with Crippen LogP contribution in [0.5, 0.6) is 0 Å². The van der Waals surface area contributed by atoms with Crippen LogP contribution in [0.4, 0.5) is 11.4 Å². The maximum atomic E-state index is 13.0. The first kappa shape index (κ1) is 26.8. The largest absolute Gasteiger partial charge is 0.458 e. The van der Waals surface area contributed by atoms with Crippen LogP contribution < -0.4 is 5.32 Å². The number of hydrogen-bond acceptors (Lipinski definition) is 7. The molecule has 3 atom stereocenters. The lowest BCUT2D eigenvalue weighted by Gasteiger charge is -2.36. The molecule has 0 aromatic heterocycles. The fourth-order valence-electron chi connectivity index (χ4n) is 4.58. The molecule has 9 nitrogen and oxygen atoms in total. The third-order valence-corrected chi connectivity index (χ3v) is 6.61. The molecule has 1 fully saturated rings. The van der Waals surface area contributed by atoms with E-state index in [9.17, 15) is 24.5 Å². The average Bonchev–Trinajstić information content (AvgIpc) is 2.83. The SMILES string of the molecule is Cc1ccc(NC(=O)COC(=O)c2ccccc2C(=O)O[C@@H]2C[C@H](C)CC[C@H]2C(C)C)cc1[N+](=O)[O-]. The zero-order valence-electron chi connectivity index (χ0n) is 21.0. The molecule has 1 aliphatic carbocycles. The van der Waals surface area contributed by atoms with Gasteiger partial charge in [0.15, 0.2) is 6.61 Å². The third kappa shape index (κ3) is 6.68. The minimum Gasteiger partial charge on any atom is -0.458 e. The van der Waals surface area contributed by atoms with Crippen LogP contribution in [-0.2, 0) is 14.3 Å². The summed E-state index contributed by atoms with van der Waals surface area (Å²) in [6, 6.07) is 10.4. The van der Waals surface area contributed by atoms with Gasteiger partial charge in [-0.25, -0.2) is 9.59 Å². The van der Waals surface area contributed by atoms with Gasteiger partial charge in [0.2, 0.25) is 0 Å². The van der Waals surface area contributed by atoms with E-state index in [1.165, 1.54) is 30.3 Å². The molecule has 1 saturated carbocycles. The predicted molar refractivity (Wildman–Crippen MR) is 134 cm³/mol. The molecule has 1 N–H and O–H groups in total. The average molecular weight is 497 g/mol. The van der Waals surface area contributed by atoms with Gasteiger partial charge >= 0.3 is 11.9 Å². The molecule has 0 saturated heterocycles. The normalized spacial score (nSPS) is 19.4. The van der Waals surface area contributed by atoms with E-state index in [0.717, 1.165) is 19.3 Å². The van der Waals surface area contributed by atoms with Crippen molar-refractivity contribution in [3.05, 3.63) is 69.3 Å². The molecule has 0 heterocycles. The van der Waals surface area contributed by atoms with E-state index in [2.05, 4.69) is 26.1 Å². The van der Waals surface area contributed by atoms with E-state index < -0.39 is 29.4 Å². The summed E-state index contributed by atoms with van der Waals surface area (Å²) in [4.78, 5) is 48.6. The van der Waals surface area contributed by atoms with Crippen LogP contribution in [0.2, 0.25) is 0 Å². The van der Waals surface area contributed by atoms with Crippen molar-refractivity contribution in [1.29, 1.82) is 0 Å². The second-order valence-corrected chi connectivity index (χ2v) is 9.70. The van der Waals surface area contributed by atoms with Crippen LogP contribution in [0, 0.1) is 34.8 Å². The van der Waals surface area contributed by atoms with Crippen molar-refractivity contribution in [2.75, 3.05) is 11.9 Å². The lowest BCUT2D eigenvalue weighted by molar-refractivity contribution is -0.385. The Morgan fingerprint density at radius 2 is 1.75 bits per heavy atom. The Morgan fingerprint density at radius 3 is 2.39 bits per heavy atom. The molecule has 0 radical (unpaired) electrons. The first-order valence-electron chi connectivity index (χ1n) is 12.1. The zero-order chi connectivity index (χ0) is 26.4. The number of hydrogen-bond donors (Lipinski definition) is 1. The molecule has 9 heteroatoms. The predicted octanol–water partition coefficient (Wildman–Crippen LogP) is 5.32. The molecule has 2 aromatic rings. The summed E-state index contributed by atoms with van der Waals surface area (Å²) < 4.78 is 11.0. The fraction of sp³-hybridized carbons (Fsp3) is 0.444. The number of rotatable bonds is 8. The van der Waals surface area contributed by atoms with Crippen LogP contribution in [-0.4, -0.2) is 35.5 Å². The number of nitro benzene ring substituents is 1. The van der Waals surface area contributed by atoms with Gasteiger partial charge in [-0.1, -0.05) is 45.4 Å². The molecule has 0 unspecified atom stereocenters. The number of nitrogens with zero attached hydrogens (tertiary/aromatic N) is 1. The Balaban J connectivity index is 1.65. The summed E-state index contributed by atoms with van der Waals surface area (Å²) in [6.45, 7) is 7.34. The molecular formula is C27H32N2O7. The molecule has 192 valence electrons. The summed E-state index contributed by atoms with van der Waals surface area (Å²) in [5.74, 6) is -1.03. The van der Waals surface area contributed by atoms with Crippen molar-refractivity contribution in [3.8, 4) is 0 Å². The first-order chi connectivity index (χ1) is 17.1. The van der Waals surface area contributed by atoms with Crippen molar-refractivity contribution >= 4 is 29.2 Å². The van der Waals surface area contributed by atoms with Crippen molar-refractivity contribution in [2.45, 2.75) is 53.1 Å². The van der Waals surface area contributed by atoms with Gasteiger partial charge < -0.3 is 14.8 Å². The van der Waals surface area contributed by atoms with Crippen LogP contribution in [0.1, 0.15) is 66.3 Å². The highest BCUT2D eigenvalue weighted by atomic mass is 16.6. The number of esters is 2. The van der Waals surface area contributed by atoms with E-state index in [0.29, 0.717) is 17.4 Å². The maximum Gasteiger partial charge on any atom is 0.339 e. The molecule has 2 aromatic carbocycles. The summed E-state index contributed by atoms with van der Waals surface area (Å²) in [7, 11) is 0. The van der Waals surface area contributed by atoms with Gasteiger partial charge in [-0.15, -0.1) is 0 Å². The number of nitrogens with one attached hydrogen (secondary N) is 1. The molecule has 0 aliphatic heterocycles. The van der Waals surface area contributed by atoms with Crippen molar-refractivity contribution in [3.63, 3.8) is 0 Å². The van der Waals surface area contributed by atoms with E-state index in [1.807, 2.05) is 0 Å².